The molecule has 0 radical (unpaired) electrons. The van der Waals surface area contributed by atoms with Gasteiger partial charge in [0.25, 0.3) is 0 Å². The minimum absolute atomic E-state index is 0.0127. The van der Waals surface area contributed by atoms with Gasteiger partial charge in [0, 0.05) is 23.2 Å². The van der Waals surface area contributed by atoms with Gasteiger partial charge in [-0.05, 0) is 55.6 Å². The first kappa shape index (κ1) is 22.4. The Morgan fingerprint density at radius 2 is 1.79 bits per heavy atom. The van der Waals surface area contributed by atoms with Crippen molar-refractivity contribution in [2.45, 2.75) is 72.3 Å². The van der Waals surface area contributed by atoms with Crippen LogP contribution in [0.5, 0.6) is 0 Å². The predicted octanol–water partition coefficient (Wildman–Crippen LogP) is 6.27. The second kappa shape index (κ2) is 7.58. The van der Waals surface area contributed by atoms with Crippen LogP contribution in [0.1, 0.15) is 76.6 Å². The van der Waals surface area contributed by atoms with Crippen molar-refractivity contribution < 1.29 is 19.1 Å². The van der Waals surface area contributed by atoms with Crippen LogP contribution in [0.25, 0.3) is 0 Å². The fourth-order valence-corrected chi connectivity index (χ4v) is 7.91. The van der Waals surface area contributed by atoms with E-state index >= 15 is 0 Å². The lowest BCUT2D eigenvalue weighted by molar-refractivity contribution is -0.151. The quantitative estimate of drug-likeness (QED) is 0.402. The molecule has 33 heavy (non-hydrogen) atoms. The lowest BCUT2D eigenvalue weighted by Gasteiger charge is -2.62. The molecule has 0 heterocycles. The zero-order valence-electron chi connectivity index (χ0n) is 20.4. The van der Waals surface area contributed by atoms with Crippen molar-refractivity contribution in [1.82, 2.24) is 0 Å². The minimum Gasteiger partial charge on any atom is -0.465 e. The first-order valence-corrected chi connectivity index (χ1v) is 12.4. The second-order valence-electron chi connectivity index (χ2n) is 11.6. The average Bonchev–Trinajstić information content (AvgIpc) is 2.94. The smallest absolute Gasteiger partial charge is 0.338 e. The molecule has 0 amide bonds. The van der Waals surface area contributed by atoms with E-state index in [-0.39, 0.29) is 39.7 Å². The third kappa shape index (κ3) is 3.32. The van der Waals surface area contributed by atoms with Crippen LogP contribution in [0.4, 0.5) is 0 Å². The zero-order valence-corrected chi connectivity index (χ0v) is 20.4. The molecule has 4 aliphatic rings. The molecule has 2 saturated carbocycles. The molecular formula is C29H36O4. The molecule has 0 N–H and O–H groups in total. The van der Waals surface area contributed by atoms with E-state index in [0.717, 1.165) is 38.5 Å². The number of allylic oxidation sites excluding steroid dienone is 1. The van der Waals surface area contributed by atoms with Crippen LogP contribution in [-0.2, 0) is 14.3 Å². The highest BCUT2D eigenvalue weighted by atomic mass is 16.5. The normalized spacial score (nSPS) is 40.9. The molecule has 2 unspecified atom stereocenters. The van der Waals surface area contributed by atoms with Crippen molar-refractivity contribution in [2.24, 2.45) is 27.6 Å². The van der Waals surface area contributed by atoms with Crippen LogP contribution < -0.4 is 0 Å². The number of esters is 2. The summed E-state index contributed by atoms with van der Waals surface area (Å²) in [6, 6.07) is 9.34. The average molecular weight is 449 g/mol. The summed E-state index contributed by atoms with van der Waals surface area (Å²) in [7, 11) is 0. The van der Waals surface area contributed by atoms with Gasteiger partial charge in [0.15, 0.2) is 0 Å². The number of ether oxygens (including phenoxy) is 2. The Bertz CT molecular complexity index is 1030. The molecule has 6 atom stereocenters. The number of carbonyl (C=O) groups excluding carboxylic acids is 2. The van der Waals surface area contributed by atoms with Gasteiger partial charge in [0.05, 0.1) is 12.2 Å². The van der Waals surface area contributed by atoms with Gasteiger partial charge in [0.1, 0.15) is 6.10 Å². The van der Waals surface area contributed by atoms with Gasteiger partial charge >= 0.3 is 11.9 Å². The minimum atomic E-state index is -0.234. The van der Waals surface area contributed by atoms with E-state index in [1.165, 1.54) is 12.5 Å². The van der Waals surface area contributed by atoms with Crippen LogP contribution in [0.15, 0.2) is 54.1 Å². The largest absolute Gasteiger partial charge is 0.465 e. The molecule has 2 bridgehead atoms. The number of carbonyl (C=O) groups is 2. The van der Waals surface area contributed by atoms with Crippen molar-refractivity contribution in [3.8, 4) is 0 Å². The van der Waals surface area contributed by atoms with Gasteiger partial charge in [-0.2, -0.15) is 0 Å². The number of benzene rings is 1. The Morgan fingerprint density at radius 3 is 2.52 bits per heavy atom. The molecule has 176 valence electrons. The summed E-state index contributed by atoms with van der Waals surface area (Å²) in [6.07, 6.45) is 13.2. The summed E-state index contributed by atoms with van der Waals surface area (Å²) >= 11 is 0. The van der Waals surface area contributed by atoms with Crippen LogP contribution in [-0.4, -0.2) is 24.6 Å². The van der Waals surface area contributed by atoms with Gasteiger partial charge in [-0.1, -0.05) is 69.2 Å². The number of fused-ring (bicyclic) bond motifs is 3. The molecule has 1 aromatic rings. The third-order valence-electron chi connectivity index (χ3n) is 9.43. The van der Waals surface area contributed by atoms with Gasteiger partial charge in [-0.15, -0.1) is 0 Å². The SMILES string of the molecule is CC(=O)OC[C@@]1(C)CCC[C@@]2(C)C3=CC[C@]4(C)C=CC3(CCC12)[C@@H]4OC(=O)c1ccccc1. The van der Waals surface area contributed by atoms with Crippen LogP contribution in [0, 0.1) is 27.6 Å². The molecule has 0 saturated heterocycles. The number of hydrogen-bond donors (Lipinski definition) is 0. The summed E-state index contributed by atoms with van der Waals surface area (Å²) in [4.78, 5) is 24.7. The van der Waals surface area contributed by atoms with E-state index in [1.54, 1.807) is 0 Å². The highest BCUT2D eigenvalue weighted by Crippen LogP contribution is 2.70. The molecular weight excluding hydrogens is 412 g/mol. The van der Waals surface area contributed by atoms with Crippen LogP contribution >= 0.6 is 0 Å². The Labute approximate surface area is 197 Å². The Morgan fingerprint density at radius 1 is 1.03 bits per heavy atom. The molecule has 4 nitrogen and oxygen atoms in total. The number of rotatable bonds is 4. The topological polar surface area (TPSA) is 52.6 Å². The molecule has 1 spiro atoms. The summed E-state index contributed by atoms with van der Waals surface area (Å²) in [5, 5.41) is 0. The van der Waals surface area contributed by atoms with Gasteiger partial charge in [0.2, 0.25) is 0 Å². The predicted molar refractivity (Wildman–Crippen MR) is 127 cm³/mol. The van der Waals surface area contributed by atoms with Crippen molar-refractivity contribution >= 4 is 11.9 Å². The Balaban J connectivity index is 1.49. The Hall–Kier alpha value is -2.36. The monoisotopic (exact) mass is 448 g/mol. The molecule has 0 aliphatic heterocycles. The summed E-state index contributed by atoms with van der Waals surface area (Å²) in [5.41, 5.74) is 1.64. The van der Waals surface area contributed by atoms with Crippen molar-refractivity contribution in [2.75, 3.05) is 6.61 Å². The fourth-order valence-electron chi connectivity index (χ4n) is 7.91. The first-order valence-electron chi connectivity index (χ1n) is 12.4. The lowest BCUT2D eigenvalue weighted by Crippen LogP contribution is -2.58. The van der Waals surface area contributed by atoms with E-state index < -0.39 is 0 Å². The second-order valence-corrected chi connectivity index (χ2v) is 11.6. The van der Waals surface area contributed by atoms with E-state index in [0.29, 0.717) is 18.1 Å². The standard InChI is InChI=1S/C29H36O4/c1-20(30)32-19-27(3)13-8-14-28(4)22(27)12-16-29-18-17-26(2,15-11-23(28)29)25(29)33-24(31)21-9-6-5-7-10-21/h5-7,9-11,17-18,22,25H,8,12-16,19H2,1-4H3/t22?,25-,26-,27-,28-,29?/m1/s1. The van der Waals surface area contributed by atoms with E-state index in [2.05, 4.69) is 39.0 Å². The molecule has 4 aliphatic carbocycles. The molecule has 5 rings (SSSR count). The maximum absolute atomic E-state index is 13.1. The summed E-state index contributed by atoms with van der Waals surface area (Å²) in [5.74, 6) is 0.0145. The highest BCUT2D eigenvalue weighted by Gasteiger charge is 2.65. The summed E-state index contributed by atoms with van der Waals surface area (Å²) in [6.45, 7) is 8.94. The van der Waals surface area contributed by atoms with E-state index in [1.807, 2.05) is 30.3 Å². The molecule has 1 aromatic carbocycles. The third-order valence-corrected chi connectivity index (χ3v) is 9.43. The van der Waals surface area contributed by atoms with Gasteiger partial charge in [-0.3, -0.25) is 4.79 Å². The lowest BCUT2D eigenvalue weighted by atomic mass is 9.43. The zero-order chi connectivity index (χ0) is 23.5. The van der Waals surface area contributed by atoms with Gasteiger partial charge in [-0.25, -0.2) is 4.79 Å². The van der Waals surface area contributed by atoms with Crippen molar-refractivity contribution in [3.05, 3.63) is 59.7 Å². The van der Waals surface area contributed by atoms with Gasteiger partial charge < -0.3 is 9.47 Å². The summed E-state index contributed by atoms with van der Waals surface area (Å²) < 4.78 is 11.9. The Kier molecular flexibility index (Phi) is 5.15. The molecule has 2 fully saturated rings. The van der Waals surface area contributed by atoms with Crippen molar-refractivity contribution in [3.63, 3.8) is 0 Å². The van der Waals surface area contributed by atoms with Crippen LogP contribution in [0.3, 0.4) is 0 Å². The van der Waals surface area contributed by atoms with E-state index in [9.17, 15) is 9.59 Å². The van der Waals surface area contributed by atoms with Crippen LogP contribution in [0.2, 0.25) is 0 Å². The molecule has 0 aromatic heterocycles. The maximum atomic E-state index is 13.1. The highest BCUT2D eigenvalue weighted by molar-refractivity contribution is 5.89. The van der Waals surface area contributed by atoms with Crippen molar-refractivity contribution in [1.29, 1.82) is 0 Å². The van der Waals surface area contributed by atoms with E-state index in [4.69, 9.17) is 9.47 Å². The first-order chi connectivity index (χ1) is 15.6. The maximum Gasteiger partial charge on any atom is 0.338 e. The fraction of sp³-hybridized carbons (Fsp3) is 0.586. The molecule has 4 heteroatoms. The number of hydrogen-bond acceptors (Lipinski definition) is 4.